The van der Waals surface area contributed by atoms with Crippen LogP contribution in [-0.2, 0) is 20.7 Å². The second-order valence-corrected chi connectivity index (χ2v) is 6.97. The molecule has 3 heterocycles. The van der Waals surface area contributed by atoms with E-state index in [1.165, 1.54) is 0 Å². The Labute approximate surface area is 148 Å². The van der Waals surface area contributed by atoms with Gasteiger partial charge in [-0.05, 0) is 56.6 Å². The number of aromatic nitrogens is 1. The zero-order valence-corrected chi connectivity index (χ0v) is 14.5. The number of carboxylic acid groups (broad SMARTS) is 1. The standard InChI is InChI=1S/C19H26N2O4/c22-18(6-3-5-15-4-1-2-11-20-15)21-12-9-14(10-13-21)16-7-8-17(25-16)19(23)24/h1-2,4,11,14,16-17H,3,5-10,12-13H2,(H,23,24)/t16-,17+/m0/s1. The monoisotopic (exact) mass is 346 g/mol. The van der Waals surface area contributed by atoms with Gasteiger partial charge in [0.2, 0.25) is 5.91 Å². The van der Waals surface area contributed by atoms with Crippen LogP contribution in [0.25, 0.3) is 0 Å². The summed E-state index contributed by atoms with van der Waals surface area (Å²) < 4.78 is 5.66. The fourth-order valence-corrected chi connectivity index (χ4v) is 3.84. The van der Waals surface area contributed by atoms with Crippen molar-refractivity contribution in [3.8, 4) is 0 Å². The van der Waals surface area contributed by atoms with Gasteiger partial charge in [0.1, 0.15) is 0 Å². The third-order valence-electron chi connectivity index (χ3n) is 5.30. The molecular weight excluding hydrogens is 320 g/mol. The lowest BCUT2D eigenvalue weighted by Gasteiger charge is -2.34. The maximum atomic E-state index is 12.4. The summed E-state index contributed by atoms with van der Waals surface area (Å²) in [6, 6.07) is 5.85. The quantitative estimate of drug-likeness (QED) is 0.855. The number of hydrogen-bond acceptors (Lipinski definition) is 4. The Morgan fingerprint density at radius 3 is 2.64 bits per heavy atom. The Kier molecular flexibility index (Phi) is 6.02. The summed E-state index contributed by atoms with van der Waals surface area (Å²) in [6.45, 7) is 1.51. The molecule has 0 aliphatic carbocycles. The van der Waals surface area contributed by atoms with E-state index in [0.717, 1.165) is 50.9 Å². The summed E-state index contributed by atoms with van der Waals surface area (Å²) in [5.41, 5.74) is 1.03. The van der Waals surface area contributed by atoms with Gasteiger partial charge >= 0.3 is 5.97 Å². The van der Waals surface area contributed by atoms with Crippen LogP contribution in [-0.4, -0.2) is 52.2 Å². The molecule has 3 rings (SSSR count). The first-order chi connectivity index (χ1) is 12.1. The fraction of sp³-hybridized carbons (Fsp3) is 0.632. The van der Waals surface area contributed by atoms with Crippen LogP contribution in [0.4, 0.5) is 0 Å². The largest absolute Gasteiger partial charge is 0.479 e. The number of rotatable bonds is 6. The molecule has 25 heavy (non-hydrogen) atoms. The molecule has 1 aromatic heterocycles. The van der Waals surface area contributed by atoms with Crippen molar-refractivity contribution in [2.75, 3.05) is 13.1 Å². The van der Waals surface area contributed by atoms with E-state index in [1.807, 2.05) is 23.1 Å². The highest BCUT2D eigenvalue weighted by Gasteiger charge is 2.37. The fourth-order valence-electron chi connectivity index (χ4n) is 3.84. The van der Waals surface area contributed by atoms with Crippen LogP contribution in [0.15, 0.2) is 24.4 Å². The number of carbonyl (C=O) groups excluding carboxylic acids is 1. The van der Waals surface area contributed by atoms with E-state index in [0.29, 0.717) is 18.8 Å². The number of carbonyl (C=O) groups is 2. The topological polar surface area (TPSA) is 79.7 Å². The Balaban J connectivity index is 1.37. The van der Waals surface area contributed by atoms with Crippen molar-refractivity contribution in [1.82, 2.24) is 9.88 Å². The minimum Gasteiger partial charge on any atom is -0.479 e. The van der Waals surface area contributed by atoms with Crippen molar-refractivity contribution >= 4 is 11.9 Å². The molecule has 0 unspecified atom stereocenters. The maximum absolute atomic E-state index is 12.4. The number of carboxylic acids is 1. The highest BCUT2D eigenvalue weighted by Crippen LogP contribution is 2.32. The van der Waals surface area contributed by atoms with Crippen LogP contribution in [0, 0.1) is 5.92 Å². The van der Waals surface area contributed by atoms with Gasteiger partial charge in [-0.3, -0.25) is 9.78 Å². The zero-order valence-electron chi connectivity index (χ0n) is 14.5. The summed E-state index contributed by atoms with van der Waals surface area (Å²) in [5, 5.41) is 9.03. The van der Waals surface area contributed by atoms with Gasteiger partial charge in [0.15, 0.2) is 6.10 Å². The number of hydrogen-bond donors (Lipinski definition) is 1. The number of aliphatic carboxylic acids is 1. The van der Waals surface area contributed by atoms with E-state index >= 15 is 0 Å². The van der Waals surface area contributed by atoms with Crippen LogP contribution in [0.1, 0.15) is 44.2 Å². The molecule has 0 bridgehead atoms. The third kappa shape index (κ3) is 4.78. The molecule has 6 nitrogen and oxygen atoms in total. The van der Waals surface area contributed by atoms with Crippen molar-refractivity contribution in [2.45, 2.75) is 57.2 Å². The molecule has 0 aromatic carbocycles. The molecule has 2 saturated heterocycles. The number of pyridine rings is 1. The van der Waals surface area contributed by atoms with Gasteiger partial charge in [0.05, 0.1) is 6.10 Å². The molecule has 2 atom stereocenters. The Bertz CT molecular complexity index is 584. The van der Waals surface area contributed by atoms with Crippen molar-refractivity contribution in [2.24, 2.45) is 5.92 Å². The van der Waals surface area contributed by atoms with E-state index in [-0.39, 0.29) is 12.0 Å². The van der Waals surface area contributed by atoms with Crippen molar-refractivity contribution in [3.05, 3.63) is 30.1 Å². The second-order valence-electron chi connectivity index (χ2n) is 6.97. The molecule has 2 aliphatic heterocycles. The SMILES string of the molecule is O=C(O)[C@H]1CC[C@@H](C2CCN(C(=O)CCCc3ccccn3)CC2)O1. The Morgan fingerprint density at radius 2 is 2.00 bits per heavy atom. The minimum absolute atomic E-state index is 0.0440. The average Bonchev–Trinajstić information content (AvgIpc) is 3.13. The summed E-state index contributed by atoms with van der Waals surface area (Å²) >= 11 is 0. The lowest BCUT2D eigenvalue weighted by Crippen LogP contribution is -2.41. The Morgan fingerprint density at radius 1 is 1.20 bits per heavy atom. The zero-order chi connectivity index (χ0) is 17.6. The average molecular weight is 346 g/mol. The van der Waals surface area contributed by atoms with Crippen molar-refractivity contribution in [3.63, 3.8) is 0 Å². The van der Waals surface area contributed by atoms with E-state index < -0.39 is 12.1 Å². The number of aryl methyl sites for hydroxylation is 1. The summed E-state index contributed by atoms with van der Waals surface area (Å²) in [7, 11) is 0. The van der Waals surface area contributed by atoms with Crippen LogP contribution in [0.3, 0.4) is 0 Å². The van der Waals surface area contributed by atoms with Crippen LogP contribution >= 0.6 is 0 Å². The van der Waals surface area contributed by atoms with Gasteiger partial charge in [0.25, 0.3) is 0 Å². The minimum atomic E-state index is -0.858. The van der Waals surface area contributed by atoms with E-state index in [2.05, 4.69) is 4.98 Å². The van der Waals surface area contributed by atoms with Crippen LogP contribution < -0.4 is 0 Å². The molecule has 0 spiro atoms. The summed E-state index contributed by atoms with van der Waals surface area (Å²) in [4.78, 5) is 29.6. The van der Waals surface area contributed by atoms with Gasteiger partial charge in [0, 0.05) is 31.4 Å². The molecule has 2 aliphatic rings. The molecule has 0 radical (unpaired) electrons. The first kappa shape index (κ1) is 17.9. The Hall–Kier alpha value is -1.95. The van der Waals surface area contributed by atoms with Crippen molar-refractivity contribution < 1.29 is 19.4 Å². The van der Waals surface area contributed by atoms with Gasteiger partial charge in [-0.2, -0.15) is 0 Å². The summed E-state index contributed by atoms with van der Waals surface area (Å²) in [6.07, 6.45) is 6.62. The van der Waals surface area contributed by atoms with E-state index in [1.54, 1.807) is 6.20 Å². The lowest BCUT2D eigenvalue weighted by atomic mass is 9.89. The van der Waals surface area contributed by atoms with Gasteiger partial charge in [-0.15, -0.1) is 0 Å². The molecule has 136 valence electrons. The number of amides is 1. The second kappa shape index (κ2) is 8.43. The predicted molar refractivity (Wildman–Crippen MR) is 92.0 cm³/mol. The van der Waals surface area contributed by atoms with Crippen LogP contribution in [0.5, 0.6) is 0 Å². The molecule has 1 amide bonds. The lowest BCUT2D eigenvalue weighted by molar-refractivity contribution is -0.151. The summed E-state index contributed by atoms with van der Waals surface area (Å²) in [5.74, 6) is -0.268. The normalized spacial score (nSPS) is 24.4. The van der Waals surface area contributed by atoms with E-state index in [9.17, 15) is 9.59 Å². The van der Waals surface area contributed by atoms with Gasteiger partial charge < -0.3 is 14.7 Å². The first-order valence-electron chi connectivity index (χ1n) is 9.19. The highest BCUT2D eigenvalue weighted by atomic mass is 16.5. The van der Waals surface area contributed by atoms with Gasteiger partial charge in [-0.1, -0.05) is 6.07 Å². The smallest absolute Gasteiger partial charge is 0.332 e. The number of likely N-dealkylation sites (tertiary alicyclic amines) is 1. The third-order valence-corrected chi connectivity index (χ3v) is 5.30. The first-order valence-corrected chi connectivity index (χ1v) is 9.19. The molecule has 0 saturated carbocycles. The number of ether oxygens (including phenoxy) is 1. The molecule has 1 aromatic rings. The molecule has 1 N–H and O–H groups in total. The molecule has 2 fully saturated rings. The van der Waals surface area contributed by atoms with Crippen molar-refractivity contribution in [1.29, 1.82) is 0 Å². The van der Waals surface area contributed by atoms with Gasteiger partial charge in [-0.25, -0.2) is 4.79 Å². The number of nitrogens with zero attached hydrogens (tertiary/aromatic N) is 2. The predicted octanol–water partition coefficient (Wildman–Crippen LogP) is 2.28. The van der Waals surface area contributed by atoms with Crippen LogP contribution in [0.2, 0.25) is 0 Å². The molecular formula is C19H26N2O4. The van der Waals surface area contributed by atoms with E-state index in [4.69, 9.17) is 9.84 Å². The number of piperidine rings is 1. The highest BCUT2D eigenvalue weighted by molar-refractivity contribution is 5.76. The maximum Gasteiger partial charge on any atom is 0.332 e. The molecule has 6 heteroatoms.